The Morgan fingerprint density at radius 1 is 1.27 bits per heavy atom. The Balaban J connectivity index is 1.45. The zero-order valence-corrected chi connectivity index (χ0v) is 13.3. The number of anilines is 1. The summed E-state index contributed by atoms with van der Waals surface area (Å²) in [4.78, 5) is 14.2. The van der Waals surface area contributed by atoms with Gasteiger partial charge >= 0.3 is 6.03 Å². The Labute approximate surface area is 133 Å². The van der Waals surface area contributed by atoms with Crippen LogP contribution >= 0.6 is 11.3 Å². The highest BCUT2D eigenvalue weighted by molar-refractivity contribution is 7.15. The summed E-state index contributed by atoms with van der Waals surface area (Å²) in [6, 6.07) is 8.39. The van der Waals surface area contributed by atoms with Crippen molar-refractivity contribution in [2.45, 2.75) is 37.6 Å². The van der Waals surface area contributed by atoms with Crippen molar-refractivity contribution in [1.82, 2.24) is 15.1 Å². The van der Waals surface area contributed by atoms with E-state index in [4.69, 9.17) is 0 Å². The van der Waals surface area contributed by atoms with E-state index in [1.165, 1.54) is 35.3 Å². The maximum absolute atomic E-state index is 12.5. The average Bonchev–Trinajstić information content (AvgIpc) is 3.13. The summed E-state index contributed by atoms with van der Waals surface area (Å²) in [6.07, 6.45) is 4.40. The van der Waals surface area contributed by atoms with E-state index in [0.717, 1.165) is 17.8 Å². The summed E-state index contributed by atoms with van der Waals surface area (Å²) >= 11 is 1.50. The monoisotopic (exact) mass is 314 g/mol. The molecule has 1 heterocycles. The van der Waals surface area contributed by atoms with Gasteiger partial charge in [0, 0.05) is 13.0 Å². The number of hydrogen-bond donors (Lipinski definition) is 1. The SMILES string of the molecule is CN(C(=O)Nc1nnc(C2CC2)s1)[C@@H]1CCc2ccccc21. The summed E-state index contributed by atoms with van der Waals surface area (Å²) in [5.41, 5.74) is 2.61. The molecule has 1 aromatic heterocycles. The maximum Gasteiger partial charge on any atom is 0.323 e. The third-order valence-corrected chi connectivity index (χ3v) is 5.47. The van der Waals surface area contributed by atoms with Crippen LogP contribution in [0, 0.1) is 0 Å². The van der Waals surface area contributed by atoms with Gasteiger partial charge in [0.15, 0.2) is 0 Å². The van der Waals surface area contributed by atoms with Gasteiger partial charge in [-0.2, -0.15) is 0 Å². The van der Waals surface area contributed by atoms with Crippen molar-refractivity contribution < 1.29 is 4.79 Å². The number of rotatable bonds is 3. The van der Waals surface area contributed by atoms with Crippen LogP contribution in [0.4, 0.5) is 9.93 Å². The molecule has 2 aliphatic rings. The third-order valence-electron chi connectivity index (χ3n) is 4.47. The Kier molecular flexibility index (Phi) is 3.33. The molecule has 0 spiro atoms. The van der Waals surface area contributed by atoms with Gasteiger partial charge in [0.1, 0.15) is 5.01 Å². The molecule has 4 rings (SSSR count). The molecule has 2 amide bonds. The van der Waals surface area contributed by atoms with E-state index in [1.807, 2.05) is 13.1 Å². The molecule has 1 saturated carbocycles. The lowest BCUT2D eigenvalue weighted by molar-refractivity contribution is 0.204. The zero-order chi connectivity index (χ0) is 15.1. The minimum absolute atomic E-state index is 0.111. The van der Waals surface area contributed by atoms with E-state index in [-0.39, 0.29) is 12.1 Å². The molecule has 0 radical (unpaired) electrons. The van der Waals surface area contributed by atoms with Crippen molar-refractivity contribution in [3.63, 3.8) is 0 Å². The number of nitrogens with one attached hydrogen (secondary N) is 1. The van der Waals surface area contributed by atoms with Crippen molar-refractivity contribution in [1.29, 1.82) is 0 Å². The summed E-state index contributed by atoms with van der Waals surface area (Å²) in [6.45, 7) is 0. The second kappa shape index (κ2) is 5.35. The largest absolute Gasteiger partial charge is 0.323 e. The Hall–Kier alpha value is -1.95. The number of carbonyl (C=O) groups excluding carboxylic acids is 1. The van der Waals surface area contributed by atoms with E-state index >= 15 is 0 Å². The van der Waals surface area contributed by atoms with Gasteiger partial charge in [-0.15, -0.1) is 10.2 Å². The summed E-state index contributed by atoms with van der Waals surface area (Å²) < 4.78 is 0. The predicted octanol–water partition coefficient (Wildman–Crippen LogP) is 3.57. The fraction of sp³-hybridized carbons (Fsp3) is 0.438. The van der Waals surface area contributed by atoms with Gasteiger partial charge in [0.05, 0.1) is 6.04 Å². The number of aromatic nitrogens is 2. The minimum atomic E-state index is -0.111. The molecule has 0 bridgehead atoms. The van der Waals surface area contributed by atoms with Crippen LogP contribution in [-0.4, -0.2) is 28.2 Å². The molecule has 114 valence electrons. The summed E-state index contributed by atoms with van der Waals surface area (Å²) in [5, 5.41) is 12.8. The molecule has 1 fully saturated rings. The number of fused-ring (bicyclic) bond motifs is 1. The fourth-order valence-electron chi connectivity index (χ4n) is 3.04. The minimum Gasteiger partial charge on any atom is -0.320 e. The molecule has 1 aromatic carbocycles. The first-order valence-corrected chi connectivity index (χ1v) is 8.49. The smallest absolute Gasteiger partial charge is 0.320 e. The molecule has 0 aliphatic heterocycles. The molecule has 2 aliphatic carbocycles. The molecule has 2 aromatic rings. The van der Waals surface area contributed by atoms with Crippen molar-refractivity contribution >= 4 is 22.5 Å². The molecular formula is C16H18N4OS. The van der Waals surface area contributed by atoms with E-state index in [1.54, 1.807) is 4.90 Å². The van der Waals surface area contributed by atoms with Gasteiger partial charge < -0.3 is 4.90 Å². The van der Waals surface area contributed by atoms with Crippen LogP contribution in [0.3, 0.4) is 0 Å². The van der Waals surface area contributed by atoms with Gasteiger partial charge in [0.2, 0.25) is 5.13 Å². The van der Waals surface area contributed by atoms with Crippen molar-refractivity contribution in [2.75, 3.05) is 12.4 Å². The van der Waals surface area contributed by atoms with Crippen molar-refractivity contribution in [3.05, 3.63) is 40.4 Å². The van der Waals surface area contributed by atoms with Crippen LogP contribution in [0.15, 0.2) is 24.3 Å². The first kappa shape index (κ1) is 13.7. The Morgan fingerprint density at radius 2 is 2.09 bits per heavy atom. The van der Waals surface area contributed by atoms with Crippen LogP contribution < -0.4 is 5.32 Å². The molecule has 0 saturated heterocycles. The lowest BCUT2D eigenvalue weighted by Crippen LogP contribution is -2.33. The number of hydrogen-bond acceptors (Lipinski definition) is 4. The van der Waals surface area contributed by atoms with Crippen LogP contribution in [0.2, 0.25) is 0 Å². The van der Waals surface area contributed by atoms with Gasteiger partial charge in [0.25, 0.3) is 0 Å². The lowest BCUT2D eigenvalue weighted by Gasteiger charge is -2.25. The maximum atomic E-state index is 12.5. The first-order chi connectivity index (χ1) is 10.7. The number of benzene rings is 1. The number of urea groups is 1. The highest BCUT2D eigenvalue weighted by Gasteiger charge is 2.30. The number of amides is 2. The molecular weight excluding hydrogens is 296 g/mol. The first-order valence-electron chi connectivity index (χ1n) is 7.67. The van der Waals surface area contributed by atoms with Crippen molar-refractivity contribution in [2.24, 2.45) is 0 Å². The standard InChI is InChI=1S/C16H18N4OS/c1-20(13-9-8-10-4-2-3-5-12(10)13)16(21)17-15-19-18-14(22-15)11-6-7-11/h2-5,11,13H,6-9H2,1H3,(H,17,19,21)/t13-/m1/s1. The van der Waals surface area contributed by atoms with E-state index in [9.17, 15) is 4.79 Å². The zero-order valence-electron chi connectivity index (χ0n) is 12.5. The fourth-order valence-corrected chi connectivity index (χ4v) is 3.94. The van der Waals surface area contributed by atoms with Gasteiger partial charge in [-0.1, -0.05) is 35.6 Å². The Morgan fingerprint density at radius 3 is 2.91 bits per heavy atom. The molecule has 1 N–H and O–H groups in total. The van der Waals surface area contributed by atoms with E-state index < -0.39 is 0 Å². The average molecular weight is 314 g/mol. The summed E-state index contributed by atoms with van der Waals surface area (Å²) in [5.74, 6) is 0.572. The highest BCUT2D eigenvalue weighted by atomic mass is 32.1. The molecule has 5 nitrogen and oxygen atoms in total. The van der Waals surface area contributed by atoms with E-state index in [2.05, 4.69) is 33.7 Å². The topological polar surface area (TPSA) is 58.1 Å². The molecule has 6 heteroatoms. The Bertz CT molecular complexity index is 710. The van der Waals surface area contributed by atoms with Crippen LogP contribution in [0.5, 0.6) is 0 Å². The third kappa shape index (κ3) is 2.47. The van der Waals surface area contributed by atoms with Gasteiger partial charge in [-0.25, -0.2) is 4.79 Å². The van der Waals surface area contributed by atoms with E-state index in [0.29, 0.717) is 11.0 Å². The van der Waals surface area contributed by atoms with Crippen molar-refractivity contribution in [3.8, 4) is 0 Å². The second-order valence-electron chi connectivity index (χ2n) is 6.01. The molecule has 1 atom stereocenters. The number of carbonyl (C=O) groups is 1. The number of aryl methyl sites for hydroxylation is 1. The van der Waals surface area contributed by atoms with Gasteiger partial charge in [-0.3, -0.25) is 5.32 Å². The quantitative estimate of drug-likeness (QED) is 0.942. The predicted molar refractivity (Wildman–Crippen MR) is 86.2 cm³/mol. The highest BCUT2D eigenvalue weighted by Crippen LogP contribution is 2.42. The lowest BCUT2D eigenvalue weighted by atomic mass is 10.1. The molecule has 0 unspecified atom stereocenters. The molecule has 22 heavy (non-hydrogen) atoms. The van der Waals surface area contributed by atoms with Crippen LogP contribution in [0.25, 0.3) is 0 Å². The van der Waals surface area contributed by atoms with Gasteiger partial charge in [-0.05, 0) is 36.8 Å². The second-order valence-corrected chi connectivity index (χ2v) is 7.02. The number of nitrogens with zero attached hydrogens (tertiary/aromatic N) is 3. The summed E-state index contributed by atoms with van der Waals surface area (Å²) in [7, 11) is 1.85. The normalized spacial score (nSPS) is 19.8. The van der Waals surface area contributed by atoms with Crippen LogP contribution in [0.1, 0.15) is 47.4 Å². The van der Waals surface area contributed by atoms with Crippen LogP contribution in [-0.2, 0) is 6.42 Å².